The van der Waals surface area contributed by atoms with Crippen LogP contribution in [-0.4, -0.2) is 29.9 Å². The summed E-state index contributed by atoms with van der Waals surface area (Å²) in [5.74, 6) is 0. The first-order valence-electron chi connectivity index (χ1n) is 13.7. The normalized spacial score (nSPS) is 11.9. The van der Waals surface area contributed by atoms with Crippen LogP contribution in [0.3, 0.4) is 0 Å². The van der Waals surface area contributed by atoms with Gasteiger partial charge < -0.3 is 0 Å². The Kier molecular flexibility index (Phi) is 8.94. The smallest absolute Gasteiger partial charge is 0.0894 e. The van der Waals surface area contributed by atoms with E-state index in [2.05, 4.69) is 47.6 Å². The van der Waals surface area contributed by atoms with Crippen molar-refractivity contribution in [1.29, 1.82) is 0 Å². The number of nitrogens with zero attached hydrogens (tertiary/aromatic N) is 6. The van der Waals surface area contributed by atoms with Crippen molar-refractivity contribution in [3.8, 4) is 0 Å². The zero-order chi connectivity index (χ0) is 29.3. The summed E-state index contributed by atoms with van der Waals surface area (Å²) < 4.78 is 0. The molecule has 0 radical (unpaired) electrons. The van der Waals surface area contributed by atoms with Crippen molar-refractivity contribution in [1.82, 2.24) is 29.9 Å². The highest BCUT2D eigenvalue weighted by Crippen LogP contribution is 2.22. The molecule has 0 saturated carbocycles. The summed E-state index contributed by atoms with van der Waals surface area (Å²) in [6, 6.07) is 7.98. The quantitative estimate of drug-likeness (QED) is 0.196. The van der Waals surface area contributed by atoms with E-state index < -0.39 is 0 Å². The van der Waals surface area contributed by atoms with Gasteiger partial charge in [0.25, 0.3) is 0 Å². The second-order valence-electron chi connectivity index (χ2n) is 10.0. The van der Waals surface area contributed by atoms with Gasteiger partial charge in [-0.25, -0.2) is 9.97 Å². The lowest BCUT2D eigenvalue weighted by atomic mass is 10.1. The van der Waals surface area contributed by atoms with Gasteiger partial charge in [-0.05, 0) is 121 Å². The molecule has 0 bridgehead atoms. The molecular formula is C36H32N6. The van der Waals surface area contributed by atoms with Crippen LogP contribution >= 0.6 is 0 Å². The fourth-order valence-electron chi connectivity index (χ4n) is 4.26. The highest BCUT2D eigenvalue weighted by atomic mass is 14.8. The zero-order valence-electron chi connectivity index (χ0n) is 24.2. The predicted octanol–water partition coefficient (Wildman–Crippen LogP) is 7.97. The lowest BCUT2D eigenvalue weighted by molar-refractivity contribution is 1.12. The van der Waals surface area contributed by atoms with Crippen molar-refractivity contribution >= 4 is 48.6 Å². The molecule has 0 N–H and O–H groups in total. The molecule has 0 aromatic carbocycles. The Balaban J connectivity index is 1.66. The fraction of sp³-hybridized carbons (Fsp3) is 0.111. The van der Waals surface area contributed by atoms with Crippen LogP contribution in [0.1, 0.15) is 67.3 Å². The molecule has 0 saturated heterocycles. The van der Waals surface area contributed by atoms with Gasteiger partial charge in [0.2, 0.25) is 0 Å². The van der Waals surface area contributed by atoms with Gasteiger partial charge in [0, 0.05) is 49.6 Å². The molecule has 0 aliphatic rings. The zero-order valence-corrected chi connectivity index (χ0v) is 24.2. The fourth-order valence-corrected chi connectivity index (χ4v) is 4.26. The maximum atomic E-state index is 5.12. The molecule has 206 valence electrons. The maximum Gasteiger partial charge on any atom is 0.0894 e. The second-order valence-corrected chi connectivity index (χ2v) is 10.0. The largest absolute Gasteiger partial charge is 0.264 e. The van der Waals surface area contributed by atoms with Gasteiger partial charge in [-0.1, -0.05) is 24.3 Å². The highest BCUT2D eigenvalue weighted by molar-refractivity contribution is 5.82. The van der Waals surface area contributed by atoms with Crippen molar-refractivity contribution < 1.29 is 0 Å². The number of hydrogen-bond donors (Lipinski definition) is 0. The van der Waals surface area contributed by atoms with E-state index in [1.54, 1.807) is 24.8 Å². The van der Waals surface area contributed by atoms with Crippen molar-refractivity contribution in [3.63, 3.8) is 0 Å². The van der Waals surface area contributed by atoms with Crippen LogP contribution in [-0.2, 0) is 0 Å². The molecule has 5 heterocycles. The van der Waals surface area contributed by atoms with Gasteiger partial charge in [-0.15, -0.1) is 0 Å². The van der Waals surface area contributed by atoms with Crippen molar-refractivity contribution in [3.05, 3.63) is 141 Å². The number of rotatable bonds is 8. The van der Waals surface area contributed by atoms with E-state index in [4.69, 9.17) is 9.97 Å². The van der Waals surface area contributed by atoms with E-state index in [0.29, 0.717) is 0 Å². The third-order valence-corrected chi connectivity index (χ3v) is 7.01. The maximum absolute atomic E-state index is 5.12. The Bertz CT molecular complexity index is 1570. The molecule has 6 heteroatoms. The van der Waals surface area contributed by atoms with E-state index in [1.165, 1.54) is 0 Å². The lowest BCUT2D eigenvalue weighted by Gasteiger charge is -2.08. The highest BCUT2D eigenvalue weighted by Gasteiger charge is 2.09. The molecule has 0 aliphatic carbocycles. The van der Waals surface area contributed by atoms with Crippen molar-refractivity contribution in [2.45, 2.75) is 27.7 Å². The molecule has 0 unspecified atom stereocenters. The number of aromatic nitrogens is 6. The van der Waals surface area contributed by atoms with Crippen LogP contribution in [0.5, 0.6) is 0 Å². The molecule has 0 amide bonds. The SMILES string of the molecule is Cc1ccncc1C=Cc1nc(C=Cc2cnccc2C)c(C=Cc2cnccc2C)nc1C=Cc1cnccc1C. The second kappa shape index (κ2) is 13.3. The van der Waals surface area contributed by atoms with Gasteiger partial charge in [0.05, 0.1) is 22.8 Å². The van der Waals surface area contributed by atoms with Crippen LogP contribution in [0, 0.1) is 27.7 Å². The van der Waals surface area contributed by atoms with E-state index in [-0.39, 0.29) is 0 Å². The van der Waals surface area contributed by atoms with Crippen LogP contribution in [0.4, 0.5) is 0 Å². The molecule has 5 rings (SSSR count). The summed E-state index contributed by atoms with van der Waals surface area (Å²) in [7, 11) is 0. The lowest BCUT2D eigenvalue weighted by Crippen LogP contribution is -2.00. The predicted molar refractivity (Wildman–Crippen MR) is 174 cm³/mol. The van der Waals surface area contributed by atoms with Gasteiger partial charge in [-0.3, -0.25) is 19.9 Å². The van der Waals surface area contributed by atoms with Gasteiger partial charge in [0.15, 0.2) is 0 Å². The van der Waals surface area contributed by atoms with E-state index in [0.717, 1.165) is 67.3 Å². The minimum absolute atomic E-state index is 0.744. The first kappa shape index (κ1) is 28.2. The summed E-state index contributed by atoms with van der Waals surface area (Å²) in [5.41, 5.74) is 11.6. The van der Waals surface area contributed by atoms with Crippen molar-refractivity contribution in [2.75, 3.05) is 0 Å². The molecule has 0 spiro atoms. The third kappa shape index (κ3) is 7.04. The minimum Gasteiger partial charge on any atom is -0.264 e. The van der Waals surface area contributed by atoms with Crippen molar-refractivity contribution in [2.24, 2.45) is 0 Å². The average molecular weight is 549 g/mol. The van der Waals surface area contributed by atoms with E-state index >= 15 is 0 Å². The van der Waals surface area contributed by atoms with Gasteiger partial charge >= 0.3 is 0 Å². The molecular weight excluding hydrogens is 516 g/mol. The summed E-state index contributed by atoms with van der Waals surface area (Å²) in [6.07, 6.45) is 30.7. The number of hydrogen-bond acceptors (Lipinski definition) is 6. The summed E-state index contributed by atoms with van der Waals surface area (Å²) in [5, 5.41) is 0. The Labute approximate surface area is 247 Å². The Hall–Kier alpha value is -5.36. The molecule has 5 aromatic heterocycles. The van der Waals surface area contributed by atoms with E-state index in [9.17, 15) is 0 Å². The summed E-state index contributed by atoms with van der Waals surface area (Å²) in [6.45, 7) is 8.27. The van der Waals surface area contributed by atoms with Crippen LogP contribution in [0.15, 0.2) is 73.8 Å². The van der Waals surface area contributed by atoms with Crippen LogP contribution in [0.2, 0.25) is 0 Å². The van der Waals surface area contributed by atoms with Crippen LogP contribution < -0.4 is 0 Å². The van der Waals surface area contributed by atoms with Gasteiger partial charge in [-0.2, -0.15) is 0 Å². The third-order valence-electron chi connectivity index (χ3n) is 7.01. The first-order valence-corrected chi connectivity index (χ1v) is 13.7. The Morgan fingerprint density at radius 2 is 0.595 bits per heavy atom. The Morgan fingerprint density at radius 3 is 0.810 bits per heavy atom. The number of pyridine rings is 4. The van der Waals surface area contributed by atoms with E-state index in [1.807, 2.05) is 97.7 Å². The first-order chi connectivity index (χ1) is 20.5. The minimum atomic E-state index is 0.744. The molecule has 0 fully saturated rings. The monoisotopic (exact) mass is 548 g/mol. The Morgan fingerprint density at radius 1 is 0.357 bits per heavy atom. The standard InChI is InChI=1S/C36H32N6/c1-25-13-17-37-21-29(25)5-9-33-34(10-6-30-22-38-18-14-26(30)2)42-36(12-8-32-24-40-20-16-28(32)4)35(41-33)11-7-31-23-39-19-15-27(31)3/h5-24H,1-4H3. The molecule has 6 nitrogen and oxygen atoms in total. The molecule has 0 aliphatic heterocycles. The average Bonchev–Trinajstić information content (AvgIpc) is 3.00. The molecule has 0 atom stereocenters. The molecule has 42 heavy (non-hydrogen) atoms. The topological polar surface area (TPSA) is 77.3 Å². The van der Waals surface area contributed by atoms with Crippen LogP contribution in [0.25, 0.3) is 48.6 Å². The summed E-state index contributed by atoms with van der Waals surface area (Å²) >= 11 is 0. The molecule has 5 aromatic rings. The number of aryl methyl sites for hydroxylation is 4. The summed E-state index contributed by atoms with van der Waals surface area (Å²) in [4.78, 5) is 27.4. The van der Waals surface area contributed by atoms with Gasteiger partial charge in [0.1, 0.15) is 0 Å².